The van der Waals surface area contributed by atoms with Crippen molar-refractivity contribution in [3.05, 3.63) is 35.9 Å². The van der Waals surface area contributed by atoms with E-state index in [9.17, 15) is 9.59 Å². The van der Waals surface area contributed by atoms with Crippen LogP contribution in [0, 0.1) is 5.92 Å². The fourth-order valence-corrected chi connectivity index (χ4v) is 3.79. The molecule has 1 aromatic rings. The molecular formula is C20H26N4O3S. The van der Waals surface area contributed by atoms with Crippen molar-refractivity contribution in [3.8, 4) is 0 Å². The minimum Gasteiger partial charge on any atom is -0.444 e. The fourth-order valence-electron chi connectivity index (χ4n) is 3.02. The number of benzene rings is 1. The lowest BCUT2D eigenvalue weighted by Gasteiger charge is -2.33. The van der Waals surface area contributed by atoms with Crippen LogP contribution in [0.3, 0.4) is 0 Å². The molecule has 1 N–H and O–H groups in total. The van der Waals surface area contributed by atoms with Crippen LogP contribution in [0.5, 0.6) is 0 Å². The number of thioether (sulfide) groups is 1. The van der Waals surface area contributed by atoms with Gasteiger partial charge >= 0.3 is 6.09 Å². The number of hydrogen-bond acceptors (Lipinski definition) is 6. The Hall–Kier alpha value is -2.35. The number of likely N-dealkylation sites (tertiary alicyclic amines) is 1. The molecule has 0 spiro atoms. The third kappa shape index (κ3) is 5.58. The van der Waals surface area contributed by atoms with Gasteiger partial charge in [0, 0.05) is 18.8 Å². The highest BCUT2D eigenvalue weighted by molar-refractivity contribution is 8.14. The van der Waals surface area contributed by atoms with Crippen LogP contribution >= 0.6 is 11.8 Å². The molecule has 0 radical (unpaired) electrons. The van der Waals surface area contributed by atoms with Gasteiger partial charge in [0.05, 0.1) is 11.6 Å². The summed E-state index contributed by atoms with van der Waals surface area (Å²) in [6.07, 6.45) is 1.14. The predicted molar refractivity (Wildman–Crippen MR) is 112 cm³/mol. The zero-order chi connectivity index (χ0) is 20.1. The topological polar surface area (TPSA) is 83.4 Å². The van der Waals surface area contributed by atoms with Crippen molar-refractivity contribution in [1.82, 2.24) is 10.2 Å². The van der Waals surface area contributed by atoms with Crippen LogP contribution < -0.4 is 5.32 Å². The molecule has 3 rings (SSSR count). The number of ether oxygens (including phenoxy) is 1. The van der Waals surface area contributed by atoms with E-state index in [1.165, 1.54) is 11.8 Å². The monoisotopic (exact) mass is 402 g/mol. The molecule has 7 nitrogen and oxygen atoms in total. The van der Waals surface area contributed by atoms with Gasteiger partial charge in [0.2, 0.25) is 5.91 Å². The van der Waals surface area contributed by atoms with Crippen LogP contribution in [0.4, 0.5) is 4.79 Å². The Morgan fingerprint density at radius 2 is 1.96 bits per heavy atom. The molecule has 0 bridgehead atoms. The molecule has 2 heterocycles. The first-order valence-electron chi connectivity index (χ1n) is 9.43. The summed E-state index contributed by atoms with van der Waals surface area (Å²) in [6, 6.07) is 9.86. The van der Waals surface area contributed by atoms with Gasteiger partial charge in [-0.3, -0.25) is 4.79 Å². The Morgan fingerprint density at radius 1 is 1.21 bits per heavy atom. The predicted octanol–water partition coefficient (Wildman–Crippen LogP) is 3.26. The Labute approximate surface area is 169 Å². The van der Waals surface area contributed by atoms with Crippen LogP contribution in [-0.2, 0) is 9.53 Å². The van der Waals surface area contributed by atoms with E-state index in [0.29, 0.717) is 24.0 Å². The number of nitrogens with zero attached hydrogens (tertiary/aromatic N) is 3. The molecule has 2 aliphatic rings. The summed E-state index contributed by atoms with van der Waals surface area (Å²) >= 11 is 1.46. The van der Waals surface area contributed by atoms with E-state index < -0.39 is 5.60 Å². The van der Waals surface area contributed by atoms with Gasteiger partial charge in [-0.1, -0.05) is 42.1 Å². The van der Waals surface area contributed by atoms with Gasteiger partial charge in [-0.15, -0.1) is 5.10 Å². The lowest BCUT2D eigenvalue weighted by Crippen LogP contribution is -2.47. The maximum atomic E-state index is 12.6. The van der Waals surface area contributed by atoms with Crippen LogP contribution in [0.25, 0.3) is 0 Å². The van der Waals surface area contributed by atoms with Crippen LogP contribution in [0.1, 0.15) is 39.2 Å². The van der Waals surface area contributed by atoms with Gasteiger partial charge in [-0.2, -0.15) is 5.10 Å². The van der Waals surface area contributed by atoms with Crippen molar-refractivity contribution in [2.75, 3.05) is 18.8 Å². The molecule has 1 atom stereocenters. The van der Waals surface area contributed by atoms with Crippen LogP contribution in [0.15, 0.2) is 40.5 Å². The van der Waals surface area contributed by atoms with E-state index in [1.807, 2.05) is 51.1 Å². The summed E-state index contributed by atoms with van der Waals surface area (Å²) in [5.74, 6) is 0.250. The van der Waals surface area contributed by atoms with Gasteiger partial charge < -0.3 is 15.0 Å². The highest BCUT2D eigenvalue weighted by Gasteiger charge is 2.31. The summed E-state index contributed by atoms with van der Waals surface area (Å²) in [5, 5.41) is 11.8. The first-order chi connectivity index (χ1) is 13.3. The van der Waals surface area contributed by atoms with Gasteiger partial charge in [-0.05, 0) is 39.2 Å². The zero-order valence-electron chi connectivity index (χ0n) is 16.5. The Bertz CT molecular complexity index is 786. The molecule has 2 aliphatic heterocycles. The molecular weight excluding hydrogens is 376 g/mol. The minimum absolute atomic E-state index is 0.127. The smallest absolute Gasteiger partial charge is 0.410 e. The molecule has 1 unspecified atom stereocenters. The molecule has 0 aliphatic carbocycles. The normalized spacial score (nSPS) is 20.1. The number of amides is 2. The number of carbonyl (C=O) groups is 2. The van der Waals surface area contributed by atoms with E-state index in [1.54, 1.807) is 4.90 Å². The molecule has 0 saturated carbocycles. The van der Waals surface area contributed by atoms with Crippen molar-refractivity contribution in [2.45, 2.75) is 39.2 Å². The largest absolute Gasteiger partial charge is 0.444 e. The first-order valence-corrected chi connectivity index (χ1v) is 10.4. The summed E-state index contributed by atoms with van der Waals surface area (Å²) < 4.78 is 5.42. The van der Waals surface area contributed by atoms with Crippen molar-refractivity contribution < 1.29 is 14.3 Å². The van der Waals surface area contributed by atoms with E-state index in [0.717, 1.165) is 24.1 Å². The van der Waals surface area contributed by atoms with Crippen molar-refractivity contribution in [3.63, 3.8) is 0 Å². The van der Waals surface area contributed by atoms with Crippen LogP contribution in [0.2, 0.25) is 0 Å². The van der Waals surface area contributed by atoms with E-state index >= 15 is 0 Å². The summed E-state index contributed by atoms with van der Waals surface area (Å²) in [5.41, 5.74) is 1.37. The average Bonchev–Trinajstić information content (AvgIpc) is 2.68. The summed E-state index contributed by atoms with van der Waals surface area (Å²) in [6.45, 7) is 6.47. The number of hydrogen-bond donors (Lipinski definition) is 1. The highest BCUT2D eigenvalue weighted by Crippen LogP contribution is 2.21. The fraction of sp³-hybridized carbons (Fsp3) is 0.500. The zero-order valence-corrected chi connectivity index (χ0v) is 17.3. The van der Waals surface area contributed by atoms with Gasteiger partial charge in [-0.25, -0.2) is 4.79 Å². The van der Waals surface area contributed by atoms with Gasteiger partial charge in [0.15, 0.2) is 5.17 Å². The number of rotatable bonds is 2. The molecule has 2 amide bonds. The molecule has 1 saturated heterocycles. The second kappa shape index (κ2) is 8.77. The summed E-state index contributed by atoms with van der Waals surface area (Å²) in [7, 11) is 0. The second-order valence-corrected chi connectivity index (χ2v) is 8.83. The lowest BCUT2D eigenvalue weighted by atomic mass is 9.97. The highest BCUT2D eigenvalue weighted by atomic mass is 32.2. The minimum atomic E-state index is -0.547. The number of piperidine rings is 1. The standard InChI is InChI=1S/C20H26N4O3S/c1-20(2,3)27-19(26)24-11-7-10-15(12-24)17(25)21-18-23-22-16(13-28-18)14-8-5-4-6-9-14/h4-6,8-9,15H,7,10-13H2,1-3H3,(H,21,23,25). The van der Waals surface area contributed by atoms with Gasteiger partial charge in [0.25, 0.3) is 0 Å². The SMILES string of the molecule is CC(C)(C)OC(=O)N1CCCC(C(=O)NC2=NN=C(c3ccccc3)CS2)C1. The Morgan fingerprint density at radius 3 is 2.61 bits per heavy atom. The van der Waals surface area contributed by atoms with E-state index in [4.69, 9.17) is 4.74 Å². The summed E-state index contributed by atoms with van der Waals surface area (Å²) in [4.78, 5) is 26.5. The maximum absolute atomic E-state index is 12.6. The molecule has 1 fully saturated rings. The average molecular weight is 403 g/mol. The van der Waals surface area contributed by atoms with E-state index in [2.05, 4.69) is 15.5 Å². The third-order valence-electron chi connectivity index (χ3n) is 4.39. The molecule has 0 aromatic heterocycles. The van der Waals surface area contributed by atoms with Crippen LogP contribution in [-0.4, -0.2) is 52.2 Å². The van der Waals surface area contributed by atoms with Gasteiger partial charge in [0.1, 0.15) is 5.60 Å². The molecule has 1 aromatic carbocycles. The van der Waals surface area contributed by atoms with E-state index in [-0.39, 0.29) is 17.9 Å². The number of nitrogens with one attached hydrogen (secondary N) is 1. The first kappa shape index (κ1) is 20.4. The lowest BCUT2D eigenvalue weighted by molar-refractivity contribution is -0.125. The third-order valence-corrected chi connectivity index (χ3v) is 5.26. The molecule has 8 heteroatoms. The molecule has 28 heavy (non-hydrogen) atoms. The van der Waals surface area contributed by atoms with Crippen molar-refractivity contribution >= 4 is 34.6 Å². The second-order valence-electron chi connectivity index (χ2n) is 7.86. The Kier molecular flexibility index (Phi) is 6.39. The maximum Gasteiger partial charge on any atom is 0.410 e. The van der Waals surface area contributed by atoms with Crippen molar-refractivity contribution in [1.29, 1.82) is 0 Å². The molecule has 150 valence electrons. The Balaban J connectivity index is 1.57. The quantitative estimate of drug-likeness (QED) is 0.823. The number of amidine groups is 1. The van der Waals surface area contributed by atoms with Crippen molar-refractivity contribution in [2.24, 2.45) is 16.1 Å². The number of carbonyl (C=O) groups excluding carboxylic acids is 2.